The molecule has 0 unspecified atom stereocenters. The van der Waals surface area contributed by atoms with Crippen LogP contribution >= 0.6 is 0 Å². The highest BCUT2D eigenvalue weighted by molar-refractivity contribution is 6.05. The number of ether oxygens (including phenoxy) is 1. The first-order valence-electron chi connectivity index (χ1n) is 7.61. The molecule has 0 heterocycles. The number of ketones is 1. The zero-order valence-corrected chi connectivity index (χ0v) is 13.6. The number of benzene rings is 1. The molecular formula is C18H22N2O3. The molecule has 122 valence electrons. The summed E-state index contributed by atoms with van der Waals surface area (Å²) in [5.41, 5.74) is 3.54. The minimum Gasteiger partial charge on any atom is -0.489 e. The Kier molecular flexibility index (Phi) is 5.32. The number of carbonyl (C=O) groups excluding carboxylic acids is 2. The van der Waals surface area contributed by atoms with Crippen molar-refractivity contribution in [2.45, 2.75) is 33.1 Å². The Morgan fingerprint density at radius 1 is 1.39 bits per heavy atom. The van der Waals surface area contributed by atoms with E-state index >= 15 is 0 Å². The van der Waals surface area contributed by atoms with E-state index in [0.717, 1.165) is 0 Å². The molecule has 5 nitrogen and oxygen atoms in total. The average Bonchev–Trinajstić information content (AvgIpc) is 2.49. The Labute approximate surface area is 136 Å². The number of carbonyl (C=O) groups is 2. The van der Waals surface area contributed by atoms with Gasteiger partial charge in [0.05, 0.1) is 5.56 Å². The Bertz CT molecular complexity index is 647. The van der Waals surface area contributed by atoms with Gasteiger partial charge in [0.25, 0.3) is 5.91 Å². The van der Waals surface area contributed by atoms with E-state index in [1.807, 2.05) is 13.8 Å². The van der Waals surface area contributed by atoms with E-state index in [9.17, 15) is 9.59 Å². The Morgan fingerprint density at radius 3 is 2.83 bits per heavy atom. The van der Waals surface area contributed by atoms with Crippen molar-refractivity contribution in [2.24, 2.45) is 10.5 Å². The molecule has 0 aliphatic heterocycles. The number of hydrogen-bond donors (Lipinski definition) is 1. The Hall–Kier alpha value is -2.43. The largest absolute Gasteiger partial charge is 0.489 e. The summed E-state index contributed by atoms with van der Waals surface area (Å²) in [6.07, 6.45) is 3.18. The second-order valence-electron chi connectivity index (χ2n) is 6.45. The molecule has 1 aromatic rings. The maximum Gasteiger partial charge on any atom is 0.275 e. The molecule has 1 fully saturated rings. The molecular weight excluding hydrogens is 292 g/mol. The van der Waals surface area contributed by atoms with E-state index in [1.54, 1.807) is 30.3 Å². The highest BCUT2D eigenvalue weighted by Crippen LogP contribution is 2.31. The fourth-order valence-electron chi connectivity index (χ4n) is 2.70. The van der Waals surface area contributed by atoms with Crippen molar-refractivity contribution in [3.63, 3.8) is 0 Å². The smallest absolute Gasteiger partial charge is 0.275 e. The molecule has 1 aliphatic rings. The van der Waals surface area contributed by atoms with E-state index < -0.39 is 0 Å². The van der Waals surface area contributed by atoms with E-state index in [-0.39, 0.29) is 17.1 Å². The molecule has 23 heavy (non-hydrogen) atoms. The summed E-state index contributed by atoms with van der Waals surface area (Å²) in [4.78, 5) is 24.1. The third-order valence-corrected chi connectivity index (χ3v) is 3.56. The van der Waals surface area contributed by atoms with Gasteiger partial charge in [-0.25, -0.2) is 5.43 Å². The summed E-state index contributed by atoms with van der Waals surface area (Å²) in [6.45, 7) is 7.97. The predicted octanol–water partition coefficient (Wildman–Crippen LogP) is 3.12. The van der Waals surface area contributed by atoms with Crippen LogP contribution in [-0.2, 0) is 4.79 Å². The van der Waals surface area contributed by atoms with Gasteiger partial charge in [-0.2, -0.15) is 5.10 Å². The maximum absolute atomic E-state index is 12.3. The van der Waals surface area contributed by atoms with Gasteiger partial charge in [0.1, 0.15) is 18.1 Å². The third-order valence-electron chi connectivity index (χ3n) is 3.56. The van der Waals surface area contributed by atoms with Crippen LogP contribution in [0, 0.1) is 5.41 Å². The van der Waals surface area contributed by atoms with Crippen molar-refractivity contribution in [2.75, 3.05) is 6.61 Å². The fraction of sp³-hybridized carbons (Fsp3) is 0.389. The number of hydrogen-bond acceptors (Lipinski definition) is 4. The number of nitrogens with one attached hydrogen (secondary N) is 1. The van der Waals surface area contributed by atoms with Crippen molar-refractivity contribution < 1.29 is 14.3 Å². The monoisotopic (exact) mass is 314 g/mol. The van der Waals surface area contributed by atoms with Crippen LogP contribution in [0.4, 0.5) is 0 Å². The molecule has 0 saturated heterocycles. The number of amides is 1. The molecule has 1 aromatic carbocycles. The summed E-state index contributed by atoms with van der Waals surface area (Å²) >= 11 is 0. The lowest BCUT2D eigenvalue weighted by Crippen LogP contribution is -2.31. The predicted molar refractivity (Wildman–Crippen MR) is 89.7 cm³/mol. The lowest BCUT2D eigenvalue weighted by Gasteiger charge is -2.29. The lowest BCUT2D eigenvalue weighted by molar-refractivity contribution is -0.120. The van der Waals surface area contributed by atoms with Crippen molar-refractivity contribution in [1.82, 2.24) is 5.43 Å². The van der Waals surface area contributed by atoms with Gasteiger partial charge < -0.3 is 4.74 Å². The first-order valence-corrected chi connectivity index (χ1v) is 7.61. The molecule has 0 atom stereocenters. The van der Waals surface area contributed by atoms with Crippen LogP contribution in [0.3, 0.4) is 0 Å². The SMILES string of the molecule is C=CCOc1ccccc1C(=O)NN=C1CC(=O)CC(C)(C)C1. The van der Waals surface area contributed by atoms with Gasteiger partial charge in [-0.1, -0.05) is 38.6 Å². The van der Waals surface area contributed by atoms with E-state index in [4.69, 9.17) is 4.74 Å². The number of rotatable bonds is 5. The topological polar surface area (TPSA) is 67.8 Å². The second kappa shape index (κ2) is 7.22. The van der Waals surface area contributed by atoms with Gasteiger partial charge in [-0.3, -0.25) is 9.59 Å². The minimum atomic E-state index is -0.354. The summed E-state index contributed by atoms with van der Waals surface area (Å²) in [7, 11) is 0. The zero-order valence-electron chi connectivity index (χ0n) is 13.6. The quantitative estimate of drug-likeness (QED) is 0.670. The maximum atomic E-state index is 12.3. The van der Waals surface area contributed by atoms with Crippen LogP contribution < -0.4 is 10.2 Å². The van der Waals surface area contributed by atoms with Gasteiger partial charge in [-0.05, 0) is 24.0 Å². The molecule has 1 aliphatic carbocycles. The van der Waals surface area contributed by atoms with E-state index in [0.29, 0.717) is 42.9 Å². The first kappa shape index (κ1) is 16.9. The van der Waals surface area contributed by atoms with Crippen molar-refractivity contribution in [3.05, 3.63) is 42.5 Å². The van der Waals surface area contributed by atoms with E-state index in [1.165, 1.54) is 0 Å². The van der Waals surface area contributed by atoms with E-state index in [2.05, 4.69) is 17.1 Å². The summed E-state index contributed by atoms with van der Waals surface area (Å²) < 4.78 is 5.47. The van der Waals surface area contributed by atoms with Crippen LogP contribution in [0.2, 0.25) is 0 Å². The molecule has 1 N–H and O–H groups in total. The normalized spacial score (nSPS) is 18.5. The molecule has 2 rings (SSSR count). The first-order chi connectivity index (χ1) is 10.9. The molecule has 1 amide bonds. The minimum absolute atomic E-state index is 0.107. The third kappa shape index (κ3) is 4.77. The van der Waals surface area contributed by atoms with Gasteiger partial charge in [0.2, 0.25) is 0 Å². The summed E-state index contributed by atoms with van der Waals surface area (Å²) in [5.74, 6) is 0.280. The number of hydrazone groups is 1. The summed E-state index contributed by atoms with van der Waals surface area (Å²) in [5, 5.41) is 4.15. The van der Waals surface area contributed by atoms with Crippen LogP contribution in [0.25, 0.3) is 0 Å². The van der Waals surface area contributed by atoms with Crippen LogP contribution in [0.15, 0.2) is 42.0 Å². The van der Waals surface area contributed by atoms with Gasteiger partial charge in [-0.15, -0.1) is 0 Å². The molecule has 1 saturated carbocycles. The highest BCUT2D eigenvalue weighted by Gasteiger charge is 2.30. The average molecular weight is 314 g/mol. The van der Waals surface area contributed by atoms with Gasteiger partial charge >= 0.3 is 0 Å². The van der Waals surface area contributed by atoms with Crippen LogP contribution in [0.5, 0.6) is 5.75 Å². The Balaban J connectivity index is 2.09. The molecule has 0 radical (unpaired) electrons. The zero-order chi connectivity index (χ0) is 16.9. The fourth-order valence-corrected chi connectivity index (χ4v) is 2.70. The molecule has 0 aromatic heterocycles. The van der Waals surface area contributed by atoms with Crippen LogP contribution in [0.1, 0.15) is 43.5 Å². The number of Topliss-reactive ketones (excluding diaryl/α,β-unsaturated/α-hetero) is 1. The van der Waals surface area contributed by atoms with Gasteiger partial charge in [0, 0.05) is 18.6 Å². The van der Waals surface area contributed by atoms with Crippen LogP contribution in [-0.4, -0.2) is 24.0 Å². The lowest BCUT2D eigenvalue weighted by atomic mass is 9.76. The van der Waals surface area contributed by atoms with Gasteiger partial charge in [0.15, 0.2) is 0 Å². The van der Waals surface area contributed by atoms with Crippen molar-refractivity contribution in [3.8, 4) is 5.75 Å². The summed E-state index contributed by atoms with van der Waals surface area (Å²) in [6, 6.07) is 6.95. The number of nitrogens with zero attached hydrogens (tertiary/aromatic N) is 1. The molecule has 5 heteroatoms. The number of para-hydroxylation sites is 1. The van der Waals surface area contributed by atoms with Crippen molar-refractivity contribution in [1.29, 1.82) is 0 Å². The van der Waals surface area contributed by atoms with Crippen molar-refractivity contribution >= 4 is 17.4 Å². The standard InChI is InChI=1S/C18H22N2O3/c1-4-9-23-16-8-6-5-7-15(16)17(22)20-19-13-10-14(21)12-18(2,3)11-13/h4-8H,1,9-12H2,2-3H3,(H,20,22). The Morgan fingerprint density at radius 2 is 2.13 bits per heavy atom. The molecule has 0 bridgehead atoms. The second-order valence-corrected chi connectivity index (χ2v) is 6.45. The highest BCUT2D eigenvalue weighted by atomic mass is 16.5. The molecule has 0 spiro atoms.